The number of rotatable bonds is 13. The molecule has 4 aromatic rings. The van der Waals surface area contributed by atoms with Gasteiger partial charge in [-0.05, 0) is 54.8 Å². The molecule has 0 aliphatic carbocycles. The fourth-order valence-electron chi connectivity index (χ4n) is 4.67. The molecule has 2 N–H and O–H groups in total. The van der Waals surface area contributed by atoms with Crippen molar-refractivity contribution in [3.05, 3.63) is 95.7 Å². The molecule has 8 nitrogen and oxygen atoms in total. The molecule has 0 atom stereocenters. The van der Waals surface area contributed by atoms with Gasteiger partial charge in [0, 0.05) is 43.8 Å². The van der Waals surface area contributed by atoms with Crippen LogP contribution in [-0.4, -0.2) is 66.7 Å². The van der Waals surface area contributed by atoms with Crippen LogP contribution >= 0.6 is 0 Å². The van der Waals surface area contributed by atoms with Crippen molar-refractivity contribution in [1.82, 2.24) is 14.8 Å². The fraction of sp³-hybridized carbons (Fsp3) is 0.312. The number of nitrogens with zero attached hydrogens (tertiary/aromatic N) is 2. The molecule has 0 radical (unpaired) electrons. The Balaban J connectivity index is 1.54. The van der Waals surface area contributed by atoms with E-state index in [4.69, 9.17) is 9.47 Å². The fourth-order valence-corrected chi connectivity index (χ4v) is 4.67. The highest BCUT2D eigenvalue weighted by Crippen LogP contribution is 2.29. The van der Waals surface area contributed by atoms with Gasteiger partial charge in [0.05, 0.1) is 24.5 Å². The van der Waals surface area contributed by atoms with E-state index in [9.17, 15) is 22.8 Å². The van der Waals surface area contributed by atoms with Crippen LogP contribution in [0.3, 0.4) is 0 Å². The molecule has 1 aromatic heterocycles. The average Bonchev–Trinajstić information content (AvgIpc) is 3.41. The van der Waals surface area contributed by atoms with E-state index >= 15 is 0 Å². The Morgan fingerprint density at radius 3 is 2.37 bits per heavy atom. The molecule has 0 fully saturated rings. The molecule has 43 heavy (non-hydrogen) atoms. The zero-order valence-corrected chi connectivity index (χ0v) is 24.1. The number of aromatic nitrogens is 1. The molecule has 0 aliphatic rings. The number of anilines is 1. The first-order chi connectivity index (χ1) is 20.7. The van der Waals surface area contributed by atoms with Crippen LogP contribution in [0.1, 0.15) is 23.6 Å². The minimum Gasteiger partial charge on any atom is -0.492 e. The van der Waals surface area contributed by atoms with Crippen LogP contribution in [0.4, 0.5) is 23.7 Å². The van der Waals surface area contributed by atoms with Crippen molar-refractivity contribution in [3.63, 3.8) is 0 Å². The van der Waals surface area contributed by atoms with Crippen molar-refractivity contribution in [3.8, 4) is 5.75 Å². The molecule has 3 aromatic carbocycles. The molecule has 3 amide bonds. The smallest absolute Gasteiger partial charge is 0.416 e. The second-order valence-corrected chi connectivity index (χ2v) is 9.89. The normalized spacial score (nSPS) is 11.4. The molecule has 4 rings (SSSR count). The number of benzene rings is 3. The standard InChI is InChI=1S/C32H35F3N4O4/c1-3-43-29-11-7-6-10-28(29)37-31(41)39(18-19-42-2)22-30(40)38(21-23-12-14-25(15-13-23)32(33,34)35)17-16-24-20-36-27-9-5-4-8-26(24)27/h4-15,20,36H,3,16-19,21-22H2,1-2H3,(H,37,41). The van der Waals surface area contributed by atoms with Crippen molar-refractivity contribution in [2.75, 3.05) is 45.3 Å². The van der Waals surface area contributed by atoms with Crippen LogP contribution in [0.25, 0.3) is 10.9 Å². The van der Waals surface area contributed by atoms with Gasteiger partial charge in [-0.25, -0.2) is 4.79 Å². The zero-order valence-electron chi connectivity index (χ0n) is 24.1. The number of carbonyl (C=O) groups excluding carboxylic acids is 2. The molecule has 0 spiro atoms. The maximum Gasteiger partial charge on any atom is 0.416 e. The first-order valence-electron chi connectivity index (χ1n) is 13.9. The van der Waals surface area contributed by atoms with Gasteiger partial charge in [-0.3, -0.25) is 4.79 Å². The third-order valence-corrected chi connectivity index (χ3v) is 6.94. The van der Waals surface area contributed by atoms with Crippen molar-refractivity contribution in [2.24, 2.45) is 0 Å². The van der Waals surface area contributed by atoms with E-state index in [1.54, 1.807) is 29.2 Å². The number of methoxy groups -OCH3 is 1. The third-order valence-electron chi connectivity index (χ3n) is 6.94. The summed E-state index contributed by atoms with van der Waals surface area (Å²) in [4.78, 5) is 33.2. The summed E-state index contributed by atoms with van der Waals surface area (Å²) in [5, 5.41) is 3.84. The van der Waals surface area contributed by atoms with Crippen LogP contribution in [0.2, 0.25) is 0 Å². The summed E-state index contributed by atoms with van der Waals surface area (Å²) in [6.45, 7) is 2.68. The van der Waals surface area contributed by atoms with E-state index in [0.717, 1.165) is 28.6 Å². The molecule has 0 bridgehead atoms. The minimum absolute atomic E-state index is 0.0756. The Kier molecular flexibility index (Phi) is 10.7. The van der Waals surface area contributed by atoms with Gasteiger partial charge in [0.15, 0.2) is 0 Å². The largest absolute Gasteiger partial charge is 0.492 e. The number of hydrogen-bond donors (Lipinski definition) is 2. The van der Waals surface area contributed by atoms with Gasteiger partial charge < -0.3 is 29.6 Å². The first-order valence-corrected chi connectivity index (χ1v) is 13.9. The highest BCUT2D eigenvalue weighted by Gasteiger charge is 2.30. The van der Waals surface area contributed by atoms with Gasteiger partial charge in [-0.2, -0.15) is 13.2 Å². The SMILES string of the molecule is CCOc1ccccc1NC(=O)N(CCOC)CC(=O)N(CCc1c[nH]c2ccccc12)Cc1ccc(C(F)(F)F)cc1. The van der Waals surface area contributed by atoms with E-state index in [1.807, 2.05) is 37.4 Å². The Labute approximate surface area is 248 Å². The number of urea groups is 1. The lowest BCUT2D eigenvalue weighted by atomic mass is 10.1. The molecule has 1 heterocycles. The maximum atomic E-state index is 13.7. The molecule has 0 saturated heterocycles. The number of hydrogen-bond acceptors (Lipinski definition) is 4. The molecule has 11 heteroatoms. The summed E-state index contributed by atoms with van der Waals surface area (Å²) in [6, 6.07) is 19.0. The van der Waals surface area contributed by atoms with Gasteiger partial charge in [0.1, 0.15) is 12.3 Å². The lowest BCUT2D eigenvalue weighted by Crippen LogP contribution is -2.46. The summed E-state index contributed by atoms with van der Waals surface area (Å²) < 4.78 is 50.2. The average molecular weight is 597 g/mol. The first kappa shape index (κ1) is 31.4. The zero-order chi connectivity index (χ0) is 30.8. The third kappa shape index (κ3) is 8.51. The number of nitrogens with one attached hydrogen (secondary N) is 2. The highest BCUT2D eigenvalue weighted by atomic mass is 19.4. The molecule has 0 saturated carbocycles. The second kappa shape index (κ2) is 14.6. The Hall–Kier alpha value is -4.51. The number of fused-ring (bicyclic) bond motifs is 1. The minimum atomic E-state index is -4.46. The van der Waals surface area contributed by atoms with Crippen LogP contribution in [0.15, 0.2) is 79.0 Å². The Morgan fingerprint density at radius 2 is 1.65 bits per heavy atom. The van der Waals surface area contributed by atoms with Gasteiger partial charge in [-0.15, -0.1) is 0 Å². The number of alkyl halides is 3. The second-order valence-electron chi connectivity index (χ2n) is 9.89. The topological polar surface area (TPSA) is 86.9 Å². The van der Waals surface area contributed by atoms with E-state index < -0.39 is 17.8 Å². The van der Waals surface area contributed by atoms with Crippen molar-refractivity contribution in [1.29, 1.82) is 0 Å². The van der Waals surface area contributed by atoms with E-state index in [1.165, 1.54) is 24.1 Å². The molecule has 0 unspecified atom stereocenters. The number of amides is 3. The van der Waals surface area contributed by atoms with Gasteiger partial charge in [-0.1, -0.05) is 42.5 Å². The molecule has 228 valence electrons. The van der Waals surface area contributed by atoms with Gasteiger partial charge in [0.25, 0.3) is 0 Å². The molecule has 0 aliphatic heterocycles. The highest BCUT2D eigenvalue weighted by molar-refractivity contribution is 5.93. The Morgan fingerprint density at radius 1 is 0.930 bits per heavy atom. The maximum absolute atomic E-state index is 13.7. The summed E-state index contributed by atoms with van der Waals surface area (Å²) in [5.74, 6) is 0.142. The monoisotopic (exact) mass is 596 g/mol. The van der Waals surface area contributed by atoms with Crippen molar-refractivity contribution >= 4 is 28.5 Å². The lowest BCUT2D eigenvalue weighted by Gasteiger charge is -2.28. The number of ether oxygens (including phenoxy) is 2. The van der Waals surface area contributed by atoms with Gasteiger partial charge >= 0.3 is 12.2 Å². The summed E-state index contributed by atoms with van der Waals surface area (Å²) in [7, 11) is 1.50. The number of halogens is 3. The Bertz CT molecular complexity index is 1500. The number of aromatic amines is 1. The van der Waals surface area contributed by atoms with Crippen molar-refractivity contribution in [2.45, 2.75) is 26.1 Å². The van der Waals surface area contributed by atoms with E-state index in [-0.39, 0.29) is 38.7 Å². The summed E-state index contributed by atoms with van der Waals surface area (Å²) in [6.07, 6.45) is -2.07. The number of H-pyrrole nitrogens is 1. The van der Waals surface area contributed by atoms with Crippen LogP contribution in [-0.2, 0) is 28.7 Å². The predicted octanol–water partition coefficient (Wildman–Crippen LogP) is 6.34. The quantitative estimate of drug-likeness (QED) is 0.189. The van der Waals surface area contributed by atoms with Gasteiger partial charge in [0.2, 0.25) is 5.91 Å². The summed E-state index contributed by atoms with van der Waals surface area (Å²) in [5.41, 5.74) is 2.21. The van der Waals surface area contributed by atoms with Crippen LogP contribution in [0, 0.1) is 0 Å². The summed E-state index contributed by atoms with van der Waals surface area (Å²) >= 11 is 0. The number of para-hydroxylation sites is 3. The van der Waals surface area contributed by atoms with Crippen LogP contribution < -0.4 is 10.1 Å². The predicted molar refractivity (Wildman–Crippen MR) is 159 cm³/mol. The van der Waals surface area contributed by atoms with E-state index in [0.29, 0.717) is 30.0 Å². The van der Waals surface area contributed by atoms with Crippen molar-refractivity contribution < 1.29 is 32.2 Å². The lowest BCUT2D eigenvalue weighted by molar-refractivity contribution is -0.137. The molecular weight excluding hydrogens is 561 g/mol. The van der Waals surface area contributed by atoms with Crippen LogP contribution in [0.5, 0.6) is 5.75 Å². The molecular formula is C32H35F3N4O4. The number of carbonyl (C=O) groups is 2. The van der Waals surface area contributed by atoms with E-state index in [2.05, 4.69) is 10.3 Å².